The molecule has 2 rings (SSSR count). The van der Waals surface area contributed by atoms with Gasteiger partial charge in [0.05, 0.1) is 12.7 Å². The van der Waals surface area contributed by atoms with Gasteiger partial charge in [-0.25, -0.2) is 4.79 Å². The molecule has 2 amide bonds. The van der Waals surface area contributed by atoms with E-state index in [4.69, 9.17) is 0 Å². The van der Waals surface area contributed by atoms with Crippen molar-refractivity contribution in [1.82, 2.24) is 9.88 Å². The minimum Gasteiger partial charge on any atom is -0.465 e. The number of ether oxygens (including phenoxy) is 1. The standard InChI is InChI=1S/C21H25N3O4/c1-16(25)24(19-6-4-18(5-7-19)21(27)28-3)15-11-20(26)23(2)14-10-17-8-12-22-13-9-17/h4-9,12-13H,10-11,14-15H2,1-3H3. The molecule has 148 valence electrons. The van der Waals surface area contributed by atoms with Gasteiger partial charge < -0.3 is 14.5 Å². The summed E-state index contributed by atoms with van der Waals surface area (Å²) < 4.78 is 4.67. The molecule has 2 aromatic rings. The number of anilines is 1. The lowest BCUT2D eigenvalue weighted by atomic mass is 10.2. The van der Waals surface area contributed by atoms with Crippen molar-refractivity contribution in [1.29, 1.82) is 0 Å². The van der Waals surface area contributed by atoms with E-state index in [1.165, 1.54) is 18.9 Å². The number of carbonyl (C=O) groups is 3. The Bertz CT molecular complexity index is 806. The molecule has 1 aromatic carbocycles. The Balaban J connectivity index is 1.92. The average molecular weight is 383 g/mol. The summed E-state index contributed by atoms with van der Waals surface area (Å²) in [5.74, 6) is -0.642. The summed E-state index contributed by atoms with van der Waals surface area (Å²) in [5.41, 5.74) is 2.15. The van der Waals surface area contributed by atoms with Crippen LogP contribution in [0.4, 0.5) is 5.69 Å². The van der Waals surface area contributed by atoms with Gasteiger partial charge >= 0.3 is 5.97 Å². The first-order valence-corrected chi connectivity index (χ1v) is 9.01. The van der Waals surface area contributed by atoms with Crippen molar-refractivity contribution >= 4 is 23.5 Å². The smallest absolute Gasteiger partial charge is 0.337 e. The van der Waals surface area contributed by atoms with Gasteiger partial charge in [0.2, 0.25) is 11.8 Å². The number of benzene rings is 1. The monoisotopic (exact) mass is 383 g/mol. The molecule has 0 aliphatic carbocycles. The van der Waals surface area contributed by atoms with Crippen molar-refractivity contribution in [3.8, 4) is 0 Å². The number of hydrogen-bond acceptors (Lipinski definition) is 5. The van der Waals surface area contributed by atoms with Crippen molar-refractivity contribution in [2.24, 2.45) is 0 Å². The van der Waals surface area contributed by atoms with Gasteiger partial charge in [-0.3, -0.25) is 14.6 Å². The van der Waals surface area contributed by atoms with Gasteiger partial charge in [-0.1, -0.05) is 0 Å². The van der Waals surface area contributed by atoms with Gasteiger partial charge in [-0.15, -0.1) is 0 Å². The Morgan fingerprint density at radius 3 is 2.21 bits per heavy atom. The van der Waals surface area contributed by atoms with Gasteiger partial charge in [0.1, 0.15) is 0 Å². The zero-order valence-corrected chi connectivity index (χ0v) is 16.4. The molecule has 0 saturated carbocycles. The third-order valence-corrected chi connectivity index (χ3v) is 4.44. The van der Waals surface area contributed by atoms with E-state index in [-0.39, 0.29) is 24.8 Å². The first-order valence-electron chi connectivity index (χ1n) is 9.01. The number of aromatic nitrogens is 1. The van der Waals surface area contributed by atoms with Crippen molar-refractivity contribution in [3.05, 3.63) is 59.9 Å². The normalized spacial score (nSPS) is 10.2. The van der Waals surface area contributed by atoms with E-state index in [1.54, 1.807) is 48.6 Å². The molecule has 0 N–H and O–H groups in total. The summed E-state index contributed by atoms with van der Waals surface area (Å²) >= 11 is 0. The molecule has 0 spiro atoms. The molecule has 1 aromatic heterocycles. The Labute approximate surface area is 164 Å². The van der Waals surface area contributed by atoms with Crippen LogP contribution in [-0.2, 0) is 20.7 Å². The van der Waals surface area contributed by atoms with Crippen LogP contribution >= 0.6 is 0 Å². The summed E-state index contributed by atoms with van der Waals surface area (Å²) in [7, 11) is 3.07. The number of rotatable bonds is 8. The summed E-state index contributed by atoms with van der Waals surface area (Å²) in [5, 5.41) is 0. The molecule has 0 radical (unpaired) electrons. The molecule has 0 aliphatic heterocycles. The SMILES string of the molecule is COC(=O)c1ccc(N(CCC(=O)N(C)CCc2ccncc2)C(C)=O)cc1. The molecule has 0 atom stereocenters. The Morgan fingerprint density at radius 1 is 1.00 bits per heavy atom. The number of likely N-dealkylation sites (N-methyl/N-ethyl adjacent to an activating group) is 1. The van der Waals surface area contributed by atoms with Crippen LogP contribution in [0.3, 0.4) is 0 Å². The molecule has 7 nitrogen and oxygen atoms in total. The predicted octanol–water partition coefficient (Wildman–Crippen LogP) is 2.31. The van der Waals surface area contributed by atoms with Crippen LogP contribution in [0, 0.1) is 0 Å². The van der Waals surface area contributed by atoms with Crippen LogP contribution in [0.1, 0.15) is 29.3 Å². The molecular formula is C21H25N3O4. The molecule has 0 aliphatic rings. The number of hydrogen-bond donors (Lipinski definition) is 0. The molecule has 0 fully saturated rings. The maximum Gasteiger partial charge on any atom is 0.337 e. The predicted molar refractivity (Wildman–Crippen MR) is 106 cm³/mol. The summed E-state index contributed by atoms with van der Waals surface area (Å²) in [4.78, 5) is 43.1. The number of amides is 2. The van der Waals surface area contributed by atoms with E-state index in [0.29, 0.717) is 17.8 Å². The second-order valence-electron chi connectivity index (χ2n) is 6.38. The van der Waals surface area contributed by atoms with Crippen LogP contribution in [-0.4, -0.2) is 54.9 Å². The van der Waals surface area contributed by atoms with E-state index in [0.717, 1.165) is 12.0 Å². The number of carbonyl (C=O) groups excluding carboxylic acids is 3. The average Bonchev–Trinajstić information content (AvgIpc) is 2.72. The summed E-state index contributed by atoms with van der Waals surface area (Å²) in [6.07, 6.45) is 4.42. The van der Waals surface area contributed by atoms with Crippen LogP contribution < -0.4 is 4.90 Å². The first-order chi connectivity index (χ1) is 13.4. The highest BCUT2D eigenvalue weighted by Gasteiger charge is 2.16. The molecule has 7 heteroatoms. The van der Waals surface area contributed by atoms with Gasteiger partial charge in [-0.05, 0) is 48.4 Å². The van der Waals surface area contributed by atoms with Crippen LogP contribution in [0.25, 0.3) is 0 Å². The maximum absolute atomic E-state index is 12.4. The lowest BCUT2D eigenvalue weighted by Gasteiger charge is -2.23. The number of pyridine rings is 1. The van der Waals surface area contributed by atoms with Crippen molar-refractivity contribution in [3.63, 3.8) is 0 Å². The summed E-state index contributed by atoms with van der Waals surface area (Å²) in [6, 6.07) is 10.4. The summed E-state index contributed by atoms with van der Waals surface area (Å²) in [6.45, 7) is 2.31. The van der Waals surface area contributed by atoms with Crippen LogP contribution in [0.2, 0.25) is 0 Å². The first kappa shape index (κ1) is 21.1. The molecule has 28 heavy (non-hydrogen) atoms. The quantitative estimate of drug-likeness (QED) is 0.654. The van der Waals surface area contributed by atoms with Crippen molar-refractivity contribution in [2.75, 3.05) is 32.1 Å². The van der Waals surface area contributed by atoms with E-state index in [2.05, 4.69) is 9.72 Å². The number of esters is 1. The molecule has 0 unspecified atom stereocenters. The van der Waals surface area contributed by atoms with Gasteiger partial charge in [0, 0.05) is 51.6 Å². The van der Waals surface area contributed by atoms with E-state index in [1.807, 2.05) is 12.1 Å². The Morgan fingerprint density at radius 2 is 1.64 bits per heavy atom. The number of methoxy groups -OCH3 is 1. The third-order valence-electron chi connectivity index (χ3n) is 4.44. The molecule has 1 heterocycles. The van der Waals surface area contributed by atoms with Crippen molar-refractivity contribution < 1.29 is 19.1 Å². The van der Waals surface area contributed by atoms with E-state index in [9.17, 15) is 14.4 Å². The zero-order valence-electron chi connectivity index (χ0n) is 16.4. The van der Waals surface area contributed by atoms with Crippen LogP contribution in [0.5, 0.6) is 0 Å². The fourth-order valence-corrected chi connectivity index (χ4v) is 2.73. The highest BCUT2D eigenvalue weighted by Crippen LogP contribution is 2.17. The lowest BCUT2D eigenvalue weighted by Crippen LogP contribution is -2.35. The second kappa shape index (κ2) is 10.2. The van der Waals surface area contributed by atoms with E-state index < -0.39 is 5.97 Å². The lowest BCUT2D eigenvalue weighted by molar-refractivity contribution is -0.129. The molecule has 0 saturated heterocycles. The van der Waals surface area contributed by atoms with Gasteiger partial charge in [0.15, 0.2) is 0 Å². The topological polar surface area (TPSA) is 79.8 Å². The minimum atomic E-state index is -0.438. The largest absolute Gasteiger partial charge is 0.465 e. The highest BCUT2D eigenvalue weighted by atomic mass is 16.5. The fraction of sp³-hybridized carbons (Fsp3) is 0.333. The highest BCUT2D eigenvalue weighted by molar-refractivity contribution is 5.94. The van der Waals surface area contributed by atoms with E-state index >= 15 is 0 Å². The molecular weight excluding hydrogens is 358 g/mol. The van der Waals surface area contributed by atoms with Gasteiger partial charge in [-0.2, -0.15) is 0 Å². The zero-order chi connectivity index (χ0) is 20.5. The Kier molecular flexibility index (Phi) is 7.68. The van der Waals surface area contributed by atoms with Crippen LogP contribution in [0.15, 0.2) is 48.8 Å². The Hall–Kier alpha value is -3.22. The van der Waals surface area contributed by atoms with Crippen molar-refractivity contribution in [2.45, 2.75) is 19.8 Å². The fourth-order valence-electron chi connectivity index (χ4n) is 2.73. The third kappa shape index (κ3) is 5.90. The molecule has 0 bridgehead atoms. The maximum atomic E-state index is 12.4. The van der Waals surface area contributed by atoms with Gasteiger partial charge in [0.25, 0.3) is 0 Å². The second-order valence-corrected chi connectivity index (χ2v) is 6.38. The minimum absolute atomic E-state index is 0.0357. The number of nitrogens with zero attached hydrogens (tertiary/aromatic N) is 3.